The highest BCUT2D eigenvalue weighted by Gasteiger charge is 2.52. The van der Waals surface area contributed by atoms with Crippen molar-refractivity contribution in [3.05, 3.63) is 35.9 Å². The van der Waals surface area contributed by atoms with Gasteiger partial charge < -0.3 is 19.7 Å². The van der Waals surface area contributed by atoms with Crippen LogP contribution in [0.5, 0.6) is 0 Å². The molecule has 3 fully saturated rings. The molecule has 2 aromatic rings. The van der Waals surface area contributed by atoms with Gasteiger partial charge in [-0.3, -0.25) is 4.79 Å². The maximum absolute atomic E-state index is 13.1. The summed E-state index contributed by atoms with van der Waals surface area (Å²) in [6, 6.07) is 6.12. The molecule has 2 bridgehead atoms. The highest BCUT2D eigenvalue weighted by Crippen LogP contribution is 2.46. The number of hydrogen-bond donors (Lipinski definition) is 2. The van der Waals surface area contributed by atoms with Crippen LogP contribution in [0.25, 0.3) is 5.52 Å². The molecule has 2 amide bonds. The molecule has 2 N–H and O–H groups in total. The Balaban J connectivity index is 1.38. The van der Waals surface area contributed by atoms with Crippen LogP contribution in [0.3, 0.4) is 0 Å². The summed E-state index contributed by atoms with van der Waals surface area (Å²) in [7, 11) is 0. The summed E-state index contributed by atoms with van der Waals surface area (Å²) < 4.78 is 2.10. The first-order valence-corrected chi connectivity index (χ1v) is 10.1. The van der Waals surface area contributed by atoms with Gasteiger partial charge in [0.25, 0.3) is 0 Å². The van der Waals surface area contributed by atoms with Crippen molar-refractivity contribution in [1.29, 1.82) is 0 Å². The van der Waals surface area contributed by atoms with E-state index in [0.717, 1.165) is 23.5 Å². The molecule has 148 valence electrons. The Bertz CT molecular complexity index is 950. The second kappa shape index (κ2) is 5.96. The Morgan fingerprint density at radius 2 is 1.93 bits per heavy atom. The molecule has 7 heteroatoms. The minimum absolute atomic E-state index is 0.0249. The van der Waals surface area contributed by atoms with Crippen molar-refractivity contribution >= 4 is 17.5 Å². The van der Waals surface area contributed by atoms with Crippen LogP contribution in [0, 0.1) is 17.8 Å². The van der Waals surface area contributed by atoms with Crippen molar-refractivity contribution in [2.45, 2.75) is 44.6 Å². The Morgan fingerprint density at radius 1 is 1.21 bits per heavy atom. The zero-order valence-electron chi connectivity index (χ0n) is 16.3. The zero-order chi connectivity index (χ0) is 19.6. The average molecular weight is 382 g/mol. The van der Waals surface area contributed by atoms with E-state index in [1.165, 1.54) is 17.7 Å². The van der Waals surface area contributed by atoms with Gasteiger partial charge in [0.05, 0.1) is 16.7 Å². The van der Waals surface area contributed by atoms with Crippen LogP contribution in [0.15, 0.2) is 24.4 Å². The lowest BCUT2D eigenvalue weighted by atomic mass is 9.61. The number of carboxylic acid groups (broad SMARTS) is 1. The summed E-state index contributed by atoms with van der Waals surface area (Å²) >= 11 is 0. The van der Waals surface area contributed by atoms with Crippen molar-refractivity contribution in [1.82, 2.24) is 19.6 Å². The number of hydrogen-bond acceptors (Lipinski definition) is 3. The first-order chi connectivity index (χ1) is 13.3. The number of nitrogens with one attached hydrogen (secondary N) is 1. The second-order valence-electron chi connectivity index (χ2n) is 9.13. The van der Waals surface area contributed by atoms with Crippen molar-refractivity contribution in [3.8, 4) is 0 Å². The van der Waals surface area contributed by atoms with E-state index in [1.807, 2.05) is 32.2 Å². The van der Waals surface area contributed by atoms with Gasteiger partial charge in [0.2, 0.25) is 5.91 Å². The van der Waals surface area contributed by atoms with Crippen molar-refractivity contribution in [3.63, 3.8) is 0 Å². The second-order valence-corrected chi connectivity index (χ2v) is 9.13. The molecule has 2 aliphatic carbocycles. The first kappa shape index (κ1) is 17.5. The van der Waals surface area contributed by atoms with Gasteiger partial charge >= 0.3 is 6.09 Å². The molecular weight excluding hydrogens is 356 g/mol. The normalized spacial score (nSPS) is 26.8. The van der Waals surface area contributed by atoms with Gasteiger partial charge in [-0.25, -0.2) is 9.78 Å². The summed E-state index contributed by atoms with van der Waals surface area (Å²) in [5, 5.41) is 12.4. The predicted octanol–water partition coefficient (Wildman–Crippen LogP) is 2.81. The lowest BCUT2D eigenvalue weighted by molar-refractivity contribution is -0.142. The summed E-state index contributed by atoms with van der Waals surface area (Å²) in [4.78, 5) is 30.7. The van der Waals surface area contributed by atoms with Crippen LogP contribution in [0.2, 0.25) is 0 Å². The number of imidazole rings is 1. The van der Waals surface area contributed by atoms with Crippen LogP contribution in [-0.2, 0) is 10.3 Å². The number of aromatic nitrogens is 2. The van der Waals surface area contributed by atoms with Gasteiger partial charge in [-0.2, -0.15) is 0 Å². The number of piperidine rings is 2. The molecule has 3 heterocycles. The van der Waals surface area contributed by atoms with Crippen molar-refractivity contribution in [2.75, 3.05) is 13.1 Å². The van der Waals surface area contributed by atoms with Gasteiger partial charge in [-0.1, -0.05) is 6.07 Å². The van der Waals surface area contributed by atoms with E-state index in [-0.39, 0.29) is 23.7 Å². The molecule has 5 rings (SSSR count). The van der Waals surface area contributed by atoms with Gasteiger partial charge in [-0.05, 0) is 57.1 Å². The zero-order valence-corrected chi connectivity index (χ0v) is 16.3. The number of carbonyl (C=O) groups is 2. The number of nitrogens with zero attached hydrogens (tertiary/aromatic N) is 3. The monoisotopic (exact) mass is 382 g/mol. The van der Waals surface area contributed by atoms with Gasteiger partial charge in [0, 0.05) is 31.1 Å². The molecule has 0 unspecified atom stereocenters. The Morgan fingerprint density at radius 3 is 2.57 bits per heavy atom. The lowest BCUT2D eigenvalue weighted by Crippen LogP contribution is -2.62. The molecule has 0 spiro atoms. The van der Waals surface area contributed by atoms with Crippen LogP contribution in [0.4, 0.5) is 4.79 Å². The molecule has 3 aliphatic rings. The summed E-state index contributed by atoms with van der Waals surface area (Å²) in [6.07, 6.45) is 4.43. The number of rotatable bonds is 4. The van der Waals surface area contributed by atoms with Crippen LogP contribution < -0.4 is 5.32 Å². The maximum Gasteiger partial charge on any atom is 0.407 e. The molecular formula is C21H26N4O3. The number of fused-ring (bicyclic) bond motifs is 3. The van der Waals surface area contributed by atoms with Gasteiger partial charge in [-0.15, -0.1) is 0 Å². The van der Waals surface area contributed by atoms with Crippen LogP contribution >= 0.6 is 0 Å². The fourth-order valence-electron chi connectivity index (χ4n) is 5.08. The molecule has 7 nitrogen and oxygen atoms in total. The van der Waals surface area contributed by atoms with E-state index in [0.29, 0.717) is 19.0 Å². The molecule has 1 aliphatic heterocycles. The van der Waals surface area contributed by atoms with Crippen LogP contribution in [-0.4, -0.2) is 44.5 Å². The van der Waals surface area contributed by atoms with E-state index in [1.54, 1.807) is 0 Å². The number of amides is 2. The molecule has 2 aromatic heterocycles. The van der Waals surface area contributed by atoms with Gasteiger partial charge in [0.15, 0.2) is 0 Å². The van der Waals surface area contributed by atoms with E-state index in [2.05, 4.69) is 15.8 Å². The average Bonchev–Trinajstić information content (AvgIpc) is 3.40. The highest BCUT2D eigenvalue weighted by molar-refractivity contribution is 5.82. The third kappa shape index (κ3) is 2.67. The van der Waals surface area contributed by atoms with E-state index >= 15 is 0 Å². The quantitative estimate of drug-likeness (QED) is 0.851. The molecule has 0 aromatic carbocycles. The summed E-state index contributed by atoms with van der Waals surface area (Å²) in [6.45, 7) is 4.92. The Hall–Kier alpha value is -2.57. The topological polar surface area (TPSA) is 86.9 Å². The number of likely N-dealkylation sites (tertiary alicyclic amines) is 1. The van der Waals surface area contributed by atoms with E-state index in [9.17, 15) is 14.7 Å². The molecule has 3 atom stereocenters. The maximum atomic E-state index is 13.1. The largest absolute Gasteiger partial charge is 0.465 e. The Labute approximate surface area is 163 Å². The standard InChI is InChI=1S/C21H26N4O3/c1-21(2,19-22-17(12-6-7-12)15-5-3-4-8-25(15)19)23-18(26)16-13-9-14(16)11-24(10-13)20(27)28/h3-5,8,12-14,16H,6-7,9-11H2,1-2H3,(H,23,26)(H,27,28)/t13-,14+,16-. The fraction of sp³-hybridized carbons (Fsp3) is 0.571. The fourth-order valence-corrected chi connectivity index (χ4v) is 5.08. The van der Waals surface area contributed by atoms with Gasteiger partial charge in [0.1, 0.15) is 5.82 Å². The molecule has 0 radical (unpaired) electrons. The van der Waals surface area contributed by atoms with Crippen molar-refractivity contribution in [2.24, 2.45) is 17.8 Å². The van der Waals surface area contributed by atoms with E-state index < -0.39 is 11.6 Å². The third-order valence-electron chi connectivity index (χ3n) is 6.64. The van der Waals surface area contributed by atoms with Crippen LogP contribution in [0.1, 0.15) is 50.5 Å². The smallest absolute Gasteiger partial charge is 0.407 e. The number of pyridine rings is 1. The highest BCUT2D eigenvalue weighted by atomic mass is 16.4. The number of carbonyl (C=O) groups excluding carboxylic acids is 1. The molecule has 1 saturated heterocycles. The molecule has 28 heavy (non-hydrogen) atoms. The SMILES string of the molecule is CC(C)(NC(=O)[C@@H]1[C@@H]2C[C@H]1CN(C(=O)O)C2)c1nc(C2CC2)c2ccccn12. The first-order valence-electron chi connectivity index (χ1n) is 10.1. The molecule has 2 saturated carbocycles. The minimum Gasteiger partial charge on any atom is -0.465 e. The Kier molecular flexibility index (Phi) is 3.73. The lowest BCUT2D eigenvalue weighted by Gasteiger charge is -2.52. The third-order valence-corrected chi connectivity index (χ3v) is 6.64. The minimum atomic E-state index is -0.884. The summed E-state index contributed by atoms with van der Waals surface area (Å²) in [5.41, 5.74) is 1.65. The summed E-state index contributed by atoms with van der Waals surface area (Å²) in [5.74, 6) is 1.58. The van der Waals surface area contributed by atoms with E-state index in [4.69, 9.17) is 4.98 Å². The van der Waals surface area contributed by atoms with Crippen molar-refractivity contribution < 1.29 is 14.7 Å². The predicted molar refractivity (Wildman–Crippen MR) is 103 cm³/mol.